The molecule has 4 amide bonds. The molecule has 3 heterocycles. The lowest BCUT2D eigenvalue weighted by atomic mass is 10.0. The van der Waals surface area contributed by atoms with Crippen LogP contribution in [-0.2, 0) is 27.4 Å². The zero-order valence-electron chi connectivity index (χ0n) is 17.2. The van der Waals surface area contributed by atoms with E-state index in [1.807, 2.05) is 4.90 Å². The molecule has 1 atom stereocenters. The molecule has 0 radical (unpaired) electrons. The molecule has 2 aliphatic heterocycles. The highest BCUT2D eigenvalue weighted by Gasteiger charge is 2.45. The van der Waals surface area contributed by atoms with Gasteiger partial charge in [-0.15, -0.1) is 5.10 Å². The summed E-state index contributed by atoms with van der Waals surface area (Å²) in [7, 11) is 3.40. The van der Waals surface area contributed by atoms with E-state index in [1.165, 1.54) is 0 Å². The van der Waals surface area contributed by atoms with Crippen molar-refractivity contribution in [2.75, 3.05) is 25.7 Å². The van der Waals surface area contributed by atoms with Gasteiger partial charge in [0, 0.05) is 20.6 Å². The van der Waals surface area contributed by atoms with Crippen molar-refractivity contribution >= 4 is 29.3 Å². The number of amides is 4. The second-order valence-corrected chi connectivity index (χ2v) is 7.47. The number of hydrogen-bond donors (Lipinski definition) is 1. The van der Waals surface area contributed by atoms with Crippen LogP contribution in [0.5, 0.6) is 0 Å². The maximum absolute atomic E-state index is 13.2. The van der Waals surface area contributed by atoms with Crippen LogP contribution in [0.2, 0.25) is 0 Å². The molecule has 162 valence electrons. The molecule has 0 saturated carbocycles. The Labute approximate surface area is 177 Å². The van der Waals surface area contributed by atoms with Gasteiger partial charge in [0.05, 0.1) is 42.7 Å². The Balaban J connectivity index is 1.57. The Morgan fingerprint density at radius 1 is 1.23 bits per heavy atom. The molecule has 1 aromatic heterocycles. The molecule has 4 rings (SSSR count). The molecule has 2 aliphatic rings. The third-order valence-corrected chi connectivity index (χ3v) is 5.37. The molecule has 31 heavy (non-hydrogen) atoms. The van der Waals surface area contributed by atoms with Crippen LogP contribution in [0, 0.1) is 0 Å². The van der Waals surface area contributed by atoms with Crippen LogP contribution in [-0.4, -0.2) is 70.3 Å². The summed E-state index contributed by atoms with van der Waals surface area (Å²) in [4.78, 5) is 52.6. The Kier molecular flexibility index (Phi) is 5.51. The number of rotatable bonds is 7. The molecule has 1 aromatic carbocycles. The minimum Gasteiger partial charge on any atom is -0.383 e. The van der Waals surface area contributed by atoms with E-state index < -0.39 is 29.7 Å². The van der Waals surface area contributed by atoms with E-state index in [-0.39, 0.29) is 24.0 Å². The average Bonchev–Trinajstić information content (AvgIpc) is 3.29. The van der Waals surface area contributed by atoms with Crippen LogP contribution in [0.3, 0.4) is 0 Å². The van der Waals surface area contributed by atoms with E-state index in [4.69, 9.17) is 4.74 Å². The number of aromatic nitrogens is 3. The van der Waals surface area contributed by atoms with Gasteiger partial charge in [0.25, 0.3) is 11.8 Å². The maximum Gasteiger partial charge on any atom is 0.264 e. The third-order valence-electron chi connectivity index (χ3n) is 5.37. The Morgan fingerprint density at radius 2 is 2.03 bits per heavy atom. The second kappa shape index (κ2) is 8.26. The van der Waals surface area contributed by atoms with Crippen molar-refractivity contribution in [1.82, 2.24) is 25.2 Å². The lowest BCUT2D eigenvalue weighted by Gasteiger charge is -2.28. The Hall–Kier alpha value is -3.60. The molecule has 0 bridgehead atoms. The maximum atomic E-state index is 13.2. The number of imide groups is 2. The number of nitrogens with one attached hydrogen (secondary N) is 1. The zero-order valence-corrected chi connectivity index (χ0v) is 17.2. The van der Waals surface area contributed by atoms with Crippen molar-refractivity contribution in [2.24, 2.45) is 0 Å². The van der Waals surface area contributed by atoms with Gasteiger partial charge in [-0.3, -0.25) is 29.4 Å². The molecule has 1 saturated heterocycles. The van der Waals surface area contributed by atoms with Crippen molar-refractivity contribution in [1.29, 1.82) is 0 Å². The second-order valence-electron chi connectivity index (χ2n) is 7.47. The molecule has 0 spiro atoms. The number of ether oxygens (including phenoxy) is 1. The summed E-state index contributed by atoms with van der Waals surface area (Å²) in [6, 6.07) is 4.01. The summed E-state index contributed by atoms with van der Waals surface area (Å²) in [6.45, 7) is 1.45. The normalized spacial score (nSPS) is 18.4. The average molecular weight is 426 g/mol. The highest BCUT2D eigenvalue weighted by atomic mass is 16.5. The van der Waals surface area contributed by atoms with Crippen molar-refractivity contribution in [3.8, 4) is 0 Å². The highest BCUT2D eigenvalue weighted by Crippen LogP contribution is 2.34. The minimum absolute atomic E-state index is 0.0787. The van der Waals surface area contributed by atoms with Crippen LogP contribution in [0.4, 0.5) is 5.69 Å². The summed E-state index contributed by atoms with van der Waals surface area (Å²) in [6.07, 6.45) is 1.99. The molecule has 11 nitrogen and oxygen atoms in total. The van der Waals surface area contributed by atoms with Crippen molar-refractivity contribution < 1.29 is 23.9 Å². The highest BCUT2D eigenvalue weighted by molar-refractivity contribution is 6.25. The fourth-order valence-corrected chi connectivity index (χ4v) is 3.85. The predicted molar refractivity (Wildman–Crippen MR) is 107 cm³/mol. The van der Waals surface area contributed by atoms with Gasteiger partial charge in [-0.05, 0) is 18.6 Å². The molecular formula is C20H22N6O5. The quantitative estimate of drug-likeness (QED) is 0.611. The van der Waals surface area contributed by atoms with Crippen LogP contribution in [0.15, 0.2) is 24.4 Å². The van der Waals surface area contributed by atoms with E-state index in [9.17, 15) is 19.2 Å². The van der Waals surface area contributed by atoms with Gasteiger partial charge < -0.3 is 9.64 Å². The number of hydrogen-bond acceptors (Lipinski definition) is 8. The lowest BCUT2D eigenvalue weighted by Crippen LogP contribution is -2.54. The summed E-state index contributed by atoms with van der Waals surface area (Å²) in [5, 5.41) is 10.4. The number of fused-ring (bicyclic) bond motifs is 1. The van der Waals surface area contributed by atoms with Crippen LogP contribution in [0.1, 0.15) is 39.3 Å². The molecule has 1 unspecified atom stereocenters. The smallest absolute Gasteiger partial charge is 0.264 e. The number of nitrogens with zero attached hydrogens (tertiary/aromatic N) is 5. The first-order chi connectivity index (χ1) is 14.9. The molecule has 2 aromatic rings. The fourth-order valence-electron chi connectivity index (χ4n) is 3.85. The van der Waals surface area contributed by atoms with Gasteiger partial charge >= 0.3 is 0 Å². The first-order valence-electron chi connectivity index (χ1n) is 9.84. The summed E-state index contributed by atoms with van der Waals surface area (Å²) in [5.74, 6) is -2.11. The first kappa shape index (κ1) is 20.7. The van der Waals surface area contributed by atoms with E-state index in [1.54, 1.807) is 43.2 Å². The molecule has 1 fully saturated rings. The Bertz CT molecular complexity index is 1060. The minimum atomic E-state index is -0.996. The summed E-state index contributed by atoms with van der Waals surface area (Å²) >= 11 is 0. The van der Waals surface area contributed by atoms with Gasteiger partial charge in [-0.1, -0.05) is 11.3 Å². The number of piperidine rings is 1. The van der Waals surface area contributed by atoms with Gasteiger partial charge in [-0.2, -0.15) is 0 Å². The molecule has 0 aliphatic carbocycles. The topological polar surface area (TPSA) is 127 Å². The van der Waals surface area contributed by atoms with Crippen LogP contribution >= 0.6 is 0 Å². The Morgan fingerprint density at radius 3 is 2.77 bits per heavy atom. The van der Waals surface area contributed by atoms with Crippen LogP contribution in [0.25, 0.3) is 0 Å². The van der Waals surface area contributed by atoms with Crippen LogP contribution < -0.4 is 10.2 Å². The SMILES string of the molecule is COCCn1cc(CN(C)c2cccc3c2C(=O)N(C2CCC(=O)NC2=O)C3=O)nn1. The number of methoxy groups -OCH3 is 1. The molecule has 11 heteroatoms. The lowest BCUT2D eigenvalue weighted by molar-refractivity contribution is -0.136. The van der Waals surface area contributed by atoms with Crippen molar-refractivity contribution in [3.05, 3.63) is 41.2 Å². The van der Waals surface area contributed by atoms with E-state index in [0.717, 1.165) is 4.90 Å². The van der Waals surface area contributed by atoms with Crippen molar-refractivity contribution in [2.45, 2.75) is 32.0 Å². The van der Waals surface area contributed by atoms with E-state index >= 15 is 0 Å². The largest absolute Gasteiger partial charge is 0.383 e. The van der Waals surface area contributed by atoms with E-state index in [0.29, 0.717) is 31.1 Å². The van der Waals surface area contributed by atoms with Gasteiger partial charge in [0.1, 0.15) is 11.7 Å². The van der Waals surface area contributed by atoms with Crippen molar-refractivity contribution in [3.63, 3.8) is 0 Å². The van der Waals surface area contributed by atoms with E-state index in [2.05, 4.69) is 15.6 Å². The summed E-state index contributed by atoms with van der Waals surface area (Å²) < 4.78 is 6.70. The molecule has 1 N–H and O–H groups in total. The van der Waals surface area contributed by atoms with Gasteiger partial charge in [0.2, 0.25) is 11.8 Å². The zero-order chi connectivity index (χ0) is 22.1. The number of benzene rings is 1. The van der Waals surface area contributed by atoms with Gasteiger partial charge in [-0.25, -0.2) is 4.68 Å². The monoisotopic (exact) mass is 426 g/mol. The summed E-state index contributed by atoms with van der Waals surface area (Å²) in [5.41, 5.74) is 1.72. The number of carbonyl (C=O) groups excluding carboxylic acids is 4. The number of anilines is 1. The molecular weight excluding hydrogens is 404 g/mol. The number of carbonyl (C=O) groups is 4. The van der Waals surface area contributed by atoms with Gasteiger partial charge in [0.15, 0.2) is 0 Å². The third kappa shape index (κ3) is 3.79. The fraction of sp³-hybridized carbons (Fsp3) is 0.400. The standard InChI is InChI=1S/C20H22N6O5/c1-24(10-12-11-25(23-22-12)8-9-31-2)14-5-3-4-13-17(14)20(30)26(19(13)29)15-6-7-16(27)21-18(15)28/h3-5,11,15H,6-10H2,1-2H3,(H,21,27,28). The first-order valence-corrected chi connectivity index (χ1v) is 9.84. The predicted octanol–water partition coefficient (Wildman–Crippen LogP) is -0.0379.